The molecule has 0 spiro atoms. The van der Waals surface area contributed by atoms with E-state index in [1.165, 1.54) is 50.5 Å². The number of rotatable bonds is 10. The highest BCUT2D eigenvalue weighted by Crippen LogP contribution is 2.46. The molecule has 2 saturated carbocycles. The van der Waals surface area contributed by atoms with Crippen LogP contribution >= 0.6 is 0 Å². The maximum atomic E-state index is 14.8. The highest BCUT2D eigenvalue weighted by Gasteiger charge is 2.29. The summed E-state index contributed by atoms with van der Waals surface area (Å²) >= 11 is 0. The molecule has 4 heteroatoms. The van der Waals surface area contributed by atoms with E-state index in [0.29, 0.717) is 18.4 Å². The molecule has 1 amide bonds. The number of hydrogen-bond acceptors (Lipinski definition) is 2. The van der Waals surface area contributed by atoms with Gasteiger partial charge in [0.2, 0.25) is 6.41 Å². The summed E-state index contributed by atoms with van der Waals surface area (Å²) in [5, 5.41) is 2.67. The number of nitrogens with one attached hydrogen (secondary N) is 1. The van der Waals surface area contributed by atoms with Crippen molar-refractivity contribution >= 4 is 6.41 Å². The third-order valence-electron chi connectivity index (χ3n) is 5.92. The van der Waals surface area contributed by atoms with Gasteiger partial charge in [-0.05, 0) is 73.5 Å². The van der Waals surface area contributed by atoms with Gasteiger partial charge in [-0.1, -0.05) is 26.2 Å². The van der Waals surface area contributed by atoms with E-state index in [1.807, 2.05) is 0 Å². The van der Waals surface area contributed by atoms with Gasteiger partial charge in [-0.15, -0.1) is 0 Å². The Bertz CT molecular complexity index is 594. The van der Waals surface area contributed by atoms with Crippen LogP contribution in [-0.4, -0.2) is 19.6 Å². The van der Waals surface area contributed by atoms with Crippen molar-refractivity contribution in [3.8, 4) is 5.75 Å². The van der Waals surface area contributed by atoms with Gasteiger partial charge in [0.15, 0.2) is 0 Å². The number of hydrogen-bond donors (Lipinski definition) is 1. The van der Waals surface area contributed by atoms with E-state index < -0.39 is 0 Å². The number of ether oxygens (including phenoxy) is 1. The molecule has 0 saturated heterocycles. The molecular formula is C22H32FNO2. The standard InChI is InChI=1S/C22H32FNO2/c1-16(6-5-11-24-15-25)19-12-20(18-9-10-18)22(13-21(19)23)26-14-17-7-3-2-4-8-17/h12-13,15-18H,2-11,14H2,1H3,(H,24,25). The zero-order valence-corrected chi connectivity index (χ0v) is 15.9. The van der Waals surface area contributed by atoms with E-state index in [2.05, 4.69) is 18.3 Å². The SMILES string of the molecule is CC(CCCNC=O)c1cc(C2CC2)c(OCC2CCCCC2)cc1F. The molecule has 0 aliphatic heterocycles. The number of benzene rings is 1. The van der Waals surface area contributed by atoms with E-state index in [1.54, 1.807) is 6.07 Å². The summed E-state index contributed by atoms with van der Waals surface area (Å²) in [5.41, 5.74) is 2.00. The molecule has 1 aromatic carbocycles. The van der Waals surface area contributed by atoms with Gasteiger partial charge in [0.1, 0.15) is 11.6 Å². The van der Waals surface area contributed by atoms with Crippen molar-refractivity contribution in [1.82, 2.24) is 5.32 Å². The minimum Gasteiger partial charge on any atom is -0.493 e. The summed E-state index contributed by atoms with van der Waals surface area (Å²) in [6, 6.07) is 3.69. The molecule has 26 heavy (non-hydrogen) atoms. The predicted molar refractivity (Wildman–Crippen MR) is 102 cm³/mol. The molecule has 0 heterocycles. The zero-order chi connectivity index (χ0) is 18.4. The predicted octanol–water partition coefficient (Wildman–Crippen LogP) is 5.29. The summed E-state index contributed by atoms with van der Waals surface area (Å²) in [4.78, 5) is 10.3. The monoisotopic (exact) mass is 361 g/mol. The molecule has 1 aromatic rings. The maximum absolute atomic E-state index is 14.8. The Morgan fingerprint density at radius 1 is 1.23 bits per heavy atom. The van der Waals surface area contributed by atoms with Crippen LogP contribution in [0.15, 0.2) is 12.1 Å². The smallest absolute Gasteiger partial charge is 0.207 e. The van der Waals surface area contributed by atoms with Crippen LogP contribution in [0.4, 0.5) is 4.39 Å². The van der Waals surface area contributed by atoms with Crippen molar-refractivity contribution in [3.05, 3.63) is 29.1 Å². The lowest BCUT2D eigenvalue weighted by atomic mass is 9.90. The van der Waals surface area contributed by atoms with Crippen LogP contribution in [0.1, 0.15) is 87.7 Å². The fourth-order valence-electron chi connectivity index (χ4n) is 4.09. The third kappa shape index (κ3) is 5.21. The molecule has 3 rings (SSSR count). The summed E-state index contributed by atoms with van der Waals surface area (Å²) in [6.45, 7) is 3.44. The average Bonchev–Trinajstić information content (AvgIpc) is 3.49. The first-order chi connectivity index (χ1) is 12.7. The average molecular weight is 362 g/mol. The number of carbonyl (C=O) groups excluding carboxylic acids is 1. The molecule has 1 atom stereocenters. The lowest BCUT2D eigenvalue weighted by Crippen LogP contribution is -2.16. The van der Waals surface area contributed by atoms with E-state index in [0.717, 1.165) is 37.2 Å². The van der Waals surface area contributed by atoms with E-state index in [-0.39, 0.29) is 11.7 Å². The van der Waals surface area contributed by atoms with Crippen LogP contribution in [0.5, 0.6) is 5.75 Å². The third-order valence-corrected chi connectivity index (χ3v) is 5.92. The Labute approximate surface area is 156 Å². The van der Waals surface area contributed by atoms with E-state index in [9.17, 15) is 9.18 Å². The van der Waals surface area contributed by atoms with Crippen molar-refractivity contribution in [2.75, 3.05) is 13.2 Å². The highest BCUT2D eigenvalue weighted by molar-refractivity contribution is 5.45. The van der Waals surface area contributed by atoms with Crippen molar-refractivity contribution in [1.29, 1.82) is 0 Å². The Kier molecular flexibility index (Phi) is 6.93. The van der Waals surface area contributed by atoms with Crippen LogP contribution in [-0.2, 0) is 4.79 Å². The Hall–Kier alpha value is -1.58. The van der Waals surface area contributed by atoms with Crippen molar-refractivity contribution in [3.63, 3.8) is 0 Å². The summed E-state index contributed by atoms with van der Waals surface area (Å²) in [6.07, 6.45) is 11.2. The second kappa shape index (κ2) is 9.38. The number of amides is 1. The zero-order valence-electron chi connectivity index (χ0n) is 15.9. The molecule has 1 N–H and O–H groups in total. The largest absolute Gasteiger partial charge is 0.493 e. The second-order valence-electron chi connectivity index (χ2n) is 8.12. The lowest BCUT2D eigenvalue weighted by Gasteiger charge is -2.23. The van der Waals surface area contributed by atoms with Crippen LogP contribution in [0.25, 0.3) is 0 Å². The molecule has 0 radical (unpaired) electrons. The fourth-order valence-corrected chi connectivity index (χ4v) is 4.09. The van der Waals surface area contributed by atoms with Crippen LogP contribution in [0.2, 0.25) is 0 Å². The Balaban J connectivity index is 1.66. The van der Waals surface area contributed by atoms with Gasteiger partial charge in [-0.3, -0.25) is 4.79 Å². The van der Waals surface area contributed by atoms with Gasteiger partial charge in [0.05, 0.1) is 6.61 Å². The molecule has 1 unspecified atom stereocenters. The Morgan fingerprint density at radius 3 is 2.69 bits per heavy atom. The van der Waals surface area contributed by atoms with Crippen LogP contribution in [0.3, 0.4) is 0 Å². The maximum Gasteiger partial charge on any atom is 0.207 e. The highest BCUT2D eigenvalue weighted by atomic mass is 19.1. The second-order valence-corrected chi connectivity index (χ2v) is 8.12. The number of halogens is 1. The van der Waals surface area contributed by atoms with Gasteiger partial charge in [-0.25, -0.2) is 4.39 Å². The molecule has 144 valence electrons. The van der Waals surface area contributed by atoms with Gasteiger partial charge in [0, 0.05) is 12.6 Å². The lowest BCUT2D eigenvalue weighted by molar-refractivity contribution is -0.109. The van der Waals surface area contributed by atoms with Gasteiger partial charge >= 0.3 is 0 Å². The quantitative estimate of drug-likeness (QED) is 0.454. The summed E-state index contributed by atoms with van der Waals surface area (Å²) in [5.74, 6) is 1.94. The molecule has 0 bridgehead atoms. The summed E-state index contributed by atoms with van der Waals surface area (Å²) < 4.78 is 20.9. The molecule has 0 aromatic heterocycles. The van der Waals surface area contributed by atoms with Gasteiger partial charge in [-0.2, -0.15) is 0 Å². The first-order valence-corrected chi connectivity index (χ1v) is 10.3. The molecule has 3 nitrogen and oxygen atoms in total. The molecule has 2 fully saturated rings. The molecular weight excluding hydrogens is 329 g/mol. The van der Waals surface area contributed by atoms with E-state index in [4.69, 9.17) is 4.74 Å². The van der Waals surface area contributed by atoms with Crippen molar-refractivity contribution in [2.24, 2.45) is 5.92 Å². The van der Waals surface area contributed by atoms with Crippen molar-refractivity contribution < 1.29 is 13.9 Å². The van der Waals surface area contributed by atoms with Gasteiger partial charge < -0.3 is 10.1 Å². The van der Waals surface area contributed by atoms with E-state index >= 15 is 0 Å². The first kappa shape index (κ1) is 19.2. The van der Waals surface area contributed by atoms with Crippen molar-refractivity contribution in [2.45, 2.75) is 76.5 Å². The minimum atomic E-state index is -0.149. The van der Waals surface area contributed by atoms with Crippen LogP contribution < -0.4 is 10.1 Å². The van der Waals surface area contributed by atoms with Gasteiger partial charge in [0.25, 0.3) is 0 Å². The fraction of sp³-hybridized carbons (Fsp3) is 0.682. The first-order valence-electron chi connectivity index (χ1n) is 10.3. The number of carbonyl (C=O) groups is 1. The summed E-state index contributed by atoms with van der Waals surface area (Å²) in [7, 11) is 0. The van der Waals surface area contributed by atoms with Crippen LogP contribution in [0, 0.1) is 11.7 Å². The Morgan fingerprint density at radius 2 is 2.00 bits per heavy atom. The molecule has 2 aliphatic rings. The normalized spacial score (nSPS) is 19.2. The molecule has 2 aliphatic carbocycles. The minimum absolute atomic E-state index is 0.147. The topological polar surface area (TPSA) is 38.3 Å².